The van der Waals surface area contributed by atoms with E-state index in [2.05, 4.69) is 46.7 Å². The van der Waals surface area contributed by atoms with Gasteiger partial charge in [0, 0.05) is 11.8 Å². The molecule has 1 aromatic heterocycles. The zero-order chi connectivity index (χ0) is 15.1. The quantitative estimate of drug-likeness (QED) is 0.727. The Morgan fingerprint density at radius 2 is 1.90 bits per heavy atom. The van der Waals surface area contributed by atoms with Crippen LogP contribution < -0.4 is 5.32 Å². The van der Waals surface area contributed by atoms with Crippen LogP contribution in [0.4, 0.5) is 0 Å². The molecule has 0 fully saturated rings. The third kappa shape index (κ3) is 4.98. The normalized spacial score (nSPS) is 12.5. The zero-order valence-corrected chi connectivity index (χ0v) is 15.1. The van der Waals surface area contributed by atoms with Gasteiger partial charge in [-0.25, -0.2) is 0 Å². The fourth-order valence-electron chi connectivity index (χ4n) is 2.04. The first-order valence-corrected chi connectivity index (χ1v) is 10.1. The van der Waals surface area contributed by atoms with Crippen LogP contribution in [0.25, 0.3) is 0 Å². The second-order valence-corrected chi connectivity index (χ2v) is 7.98. The lowest BCUT2D eigenvalue weighted by Crippen LogP contribution is -2.18. The van der Waals surface area contributed by atoms with E-state index in [0.29, 0.717) is 6.04 Å². The highest BCUT2D eigenvalue weighted by atomic mass is 32.2. The van der Waals surface area contributed by atoms with Crippen molar-refractivity contribution in [1.82, 2.24) is 15.5 Å². The van der Waals surface area contributed by atoms with Crippen molar-refractivity contribution >= 4 is 34.9 Å². The monoisotopic (exact) mass is 339 g/mol. The minimum absolute atomic E-state index is 0.340. The van der Waals surface area contributed by atoms with E-state index >= 15 is 0 Å². The largest absolute Gasteiger partial charge is 0.312 e. The average Bonchev–Trinajstić information content (AvgIpc) is 2.98. The summed E-state index contributed by atoms with van der Waals surface area (Å²) >= 11 is 5.08. The number of hydrogen-bond acceptors (Lipinski definition) is 6. The standard InChI is InChI=1S/C15H21N3S3/c1-4-5-11-6-8-12(9-7-11)13(16-2)10-20-15-18-17-14(19-3)21-15/h6-9,13,16H,4-5,10H2,1-3H3. The van der Waals surface area contributed by atoms with Crippen molar-refractivity contribution in [2.24, 2.45) is 0 Å². The summed E-state index contributed by atoms with van der Waals surface area (Å²) in [5.74, 6) is 0.965. The molecule has 0 radical (unpaired) electrons. The molecule has 2 aromatic rings. The van der Waals surface area contributed by atoms with Crippen molar-refractivity contribution in [2.45, 2.75) is 34.5 Å². The van der Waals surface area contributed by atoms with Crippen LogP contribution in [0.5, 0.6) is 0 Å². The maximum atomic E-state index is 4.21. The summed E-state index contributed by atoms with van der Waals surface area (Å²) in [6.07, 6.45) is 4.38. The molecule has 2 rings (SSSR count). The van der Waals surface area contributed by atoms with Gasteiger partial charge in [-0.15, -0.1) is 10.2 Å². The highest BCUT2D eigenvalue weighted by Gasteiger charge is 2.12. The SMILES string of the molecule is CCCc1ccc(C(CSc2nnc(SC)s2)NC)cc1. The third-order valence-electron chi connectivity index (χ3n) is 3.21. The lowest BCUT2D eigenvalue weighted by Gasteiger charge is -2.16. The van der Waals surface area contributed by atoms with Crippen LogP contribution >= 0.6 is 34.9 Å². The molecular formula is C15H21N3S3. The molecule has 3 nitrogen and oxygen atoms in total. The zero-order valence-electron chi connectivity index (χ0n) is 12.6. The van der Waals surface area contributed by atoms with Crippen molar-refractivity contribution in [3.05, 3.63) is 35.4 Å². The van der Waals surface area contributed by atoms with E-state index in [1.54, 1.807) is 34.9 Å². The smallest absolute Gasteiger partial charge is 0.175 e. The van der Waals surface area contributed by atoms with Gasteiger partial charge >= 0.3 is 0 Å². The highest BCUT2D eigenvalue weighted by Crippen LogP contribution is 2.30. The molecule has 0 saturated heterocycles. The highest BCUT2D eigenvalue weighted by molar-refractivity contribution is 8.02. The summed E-state index contributed by atoms with van der Waals surface area (Å²) in [6, 6.07) is 9.29. The minimum atomic E-state index is 0.340. The number of nitrogens with zero attached hydrogens (tertiary/aromatic N) is 2. The van der Waals surface area contributed by atoms with Gasteiger partial charge in [0.25, 0.3) is 0 Å². The Hall–Kier alpha value is -0.560. The van der Waals surface area contributed by atoms with Gasteiger partial charge < -0.3 is 5.32 Å². The summed E-state index contributed by atoms with van der Waals surface area (Å²) in [5.41, 5.74) is 2.75. The summed E-state index contributed by atoms with van der Waals surface area (Å²) in [6.45, 7) is 2.21. The van der Waals surface area contributed by atoms with E-state index in [4.69, 9.17) is 0 Å². The predicted molar refractivity (Wildman–Crippen MR) is 94.7 cm³/mol. The molecule has 1 atom stereocenters. The number of aryl methyl sites for hydroxylation is 1. The molecule has 0 aliphatic carbocycles. The predicted octanol–water partition coefficient (Wildman–Crippen LogP) is 4.27. The van der Waals surface area contributed by atoms with Gasteiger partial charge in [-0.1, -0.05) is 72.5 Å². The van der Waals surface area contributed by atoms with Gasteiger partial charge in [0.05, 0.1) is 0 Å². The molecule has 0 bridgehead atoms. The van der Waals surface area contributed by atoms with Gasteiger partial charge in [0.1, 0.15) is 0 Å². The first kappa shape index (κ1) is 16.8. The summed E-state index contributed by atoms with van der Waals surface area (Å²) < 4.78 is 2.07. The second-order valence-electron chi connectivity index (χ2n) is 4.68. The lowest BCUT2D eigenvalue weighted by atomic mass is 10.0. The number of nitrogens with one attached hydrogen (secondary N) is 1. The maximum Gasteiger partial charge on any atom is 0.175 e. The Morgan fingerprint density at radius 3 is 2.48 bits per heavy atom. The topological polar surface area (TPSA) is 37.8 Å². The molecule has 0 spiro atoms. The van der Waals surface area contributed by atoms with Gasteiger partial charge in [0.2, 0.25) is 0 Å². The minimum Gasteiger partial charge on any atom is -0.312 e. The van der Waals surface area contributed by atoms with Crippen LogP contribution in [0, 0.1) is 0 Å². The van der Waals surface area contributed by atoms with E-state index in [1.807, 2.05) is 13.3 Å². The summed E-state index contributed by atoms with van der Waals surface area (Å²) in [5, 5.41) is 11.7. The van der Waals surface area contributed by atoms with E-state index < -0.39 is 0 Å². The maximum absolute atomic E-state index is 4.21. The number of rotatable bonds is 8. The van der Waals surface area contributed by atoms with E-state index in [0.717, 1.165) is 20.9 Å². The molecule has 1 heterocycles. The van der Waals surface area contributed by atoms with Gasteiger partial charge in [0.15, 0.2) is 8.68 Å². The van der Waals surface area contributed by atoms with Gasteiger partial charge in [-0.2, -0.15) is 0 Å². The van der Waals surface area contributed by atoms with Crippen molar-refractivity contribution in [1.29, 1.82) is 0 Å². The van der Waals surface area contributed by atoms with Crippen molar-refractivity contribution in [3.63, 3.8) is 0 Å². The average molecular weight is 340 g/mol. The molecule has 6 heteroatoms. The number of aromatic nitrogens is 2. The Kier molecular flexibility index (Phi) is 7.03. The molecular weight excluding hydrogens is 318 g/mol. The second kappa shape index (κ2) is 8.78. The Balaban J connectivity index is 1.95. The molecule has 1 unspecified atom stereocenters. The molecule has 0 saturated carbocycles. The molecule has 21 heavy (non-hydrogen) atoms. The molecule has 0 amide bonds. The molecule has 114 valence electrons. The number of hydrogen-bond donors (Lipinski definition) is 1. The fourth-order valence-corrected chi connectivity index (χ4v) is 4.65. The fraction of sp³-hybridized carbons (Fsp3) is 0.467. The van der Waals surface area contributed by atoms with Crippen LogP contribution in [-0.2, 0) is 6.42 Å². The van der Waals surface area contributed by atoms with Crippen LogP contribution in [0.2, 0.25) is 0 Å². The van der Waals surface area contributed by atoms with Crippen molar-refractivity contribution in [3.8, 4) is 0 Å². The first-order valence-electron chi connectivity index (χ1n) is 7.03. The summed E-state index contributed by atoms with van der Waals surface area (Å²) in [4.78, 5) is 0. The van der Waals surface area contributed by atoms with Crippen LogP contribution in [-0.4, -0.2) is 29.3 Å². The molecule has 1 N–H and O–H groups in total. The van der Waals surface area contributed by atoms with Crippen LogP contribution in [0.3, 0.4) is 0 Å². The van der Waals surface area contributed by atoms with Gasteiger partial charge in [-0.05, 0) is 30.9 Å². The molecule has 0 aliphatic heterocycles. The van der Waals surface area contributed by atoms with E-state index in [1.165, 1.54) is 17.5 Å². The summed E-state index contributed by atoms with van der Waals surface area (Å²) in [7, 11) is 2.01. The molecule has 0 aliphatic rings. The third-order valence-corrected chi connectivity index (χ3v) is 6.33. The van der Waals surface area contributed by atoms with Crippen LogP contribution in [0.1, 0.15) is 30.5 Å². The Labute approximate surface area is 139 Å². The Morgan fingerprint density at radius 1 is 1.19 bits per heavy atom. The van der Waals surface area contributed by atoms with E-state index in [-0.39, 0.29) is 0 Å². The first-order chi connectivity index (χ1) is 10.3. The van der Waals surface area contributed by atoms with Crippen molar-refractivity contribution < 1.29 is 0 Å². The van der Waals surface area contributed by atoms with Gasteiger partial charge in [-0.3, -0.25) is 0 Å². The molecule has 1 aromatic carbocycles. The lowest BCUT2D eigenvalue weighted by molar-refractivity contribution is 0.661. The number of thioether (sulfide) groups is 2. The van der Waals surface area contributed by atoms with Crippen LogP contribution in [0.15, 0.2) is 32.9 Å². The number of benzene rings is 1. The van der Waals surface area contributed by atoms with E-state index in [9.17, 15) is 0 Å². The Bertz CT molecular complexity index is 539. The van der Waals surface area contributed by atoms with Crippen molar-refractivity contribution in [2.75, 3.05) is 19.1 Å².